The van der Waals surface area contributed by atoms with Gasteiger partial charge >= 0.3 is 5.97 Å². The van der Waals surface area contributed by atoms with E-state index in [0.29, 0.717) is 0 Å². The summed E-state index contributed by atoms with van der Waals surface area (Å²) in [6, 6.07) is 0. The Hall–Kier alpha value is -0.650. The van der Waals surface area contributed by atoms with Crippen molar-refractivity contribution >= 4 is 5.97 Å². The average molecular weight is 190 g/mol. The lowest BCUT2D eigenvalue weighted by atomic mass is 9.83. The topological polar surface area (TPSA) is 87.0 Å². The van der Waals surface area contributed by atoms with Gasteiger partial charge < -0.3 is 20.1 Å². The van der Waals surface area contributed by atoms with Crippen LogP contribution in [-0.2, 0) is 9.53 Å². The number of hydrogen-bond acceptors (Lipinski definition) is 4. The predicted octanol–water partition coefficient (Wildman–Crippen LogP) is -0.782. The molecule has 1 saturated carbocycles. The Morgan fingerprint density at radius 3 is 2.46 bits per heavy atom. The molecule has 0 aromatic rings. The number of ether oxygens (including phenoxy) is 1. The van der Waals surface area contributed by atoms with Gasteiger partial charge in [-0.1, -0.05) is 0 Å². The molecule has 0 amide bonds. The van der Waals surface area contributed by atoms with Gasteiger partial charge in [0, 0.05) is 7.11 Å². The summed E-state index contributed by atoms with van der Waals surface area (Å²) in [7, 11) is 1.39. The number of aliphatic carboxylic acids is 1. The molecule has 0 aromatic carbocycles. The highest BCUT2D eigenvalue weighted by Crippen LogP contribution is 2.26. The second-order valence-corrected chi connectivity index (χ2v) is 3.34. The molecule has 0 bridgehead atoms. The number of carboxylic acids is 1. The van der Waals surface area contributed by atoms with Gasteiger partial charge in [0.2, 0.25) is 0 Å². The third kappa shape index (κ3) is 2.18. The maximum Gasteiger partial charge on any atom is 0.306 e. The summed E-state index contributed by atoms with van der Waals surface area (Å²) in [5.74, 6) is -1.57. The Balaban J connectivity index is 2.63. The lowest BCUT2D eigenvalue weighted by Gasteiger charge is -2.34. The van der Waals surface area contributed by atoms with Gasteiger partial charge in [0.25, 0.3) is 0 Å². The molecule has 0 aromatic heterocycles. The molecule has 0 spiro atoms. The van der Waals surface area contributed by atoms with Crippen LogP contribution in [0.3, 0.4) is 0 Å². The van der Waals surface area contributed by atoms with Crippen LogP contribution in [0.4, 0.5) is 0 Å². The summed E-state index contributed by atoms with van der Waals surface area (Å²) in [4.78, 5) is 10.6. The normalized spacial score (nSPS) is 40.2. The summed E-state index contributed by atoms with van der Waals surface area (Å²) < 4.78 is 4.88. The van der Waals surface area contributed by atoms with Gasteiger partial charge in [-0.3, -0.25) is 4.79 Å². The smallest absolute Gasteiger partial charge is 0.306 e. The number of aliphatic hydroxyl groups is 2. The Morgan fingerprint density at radius 1 is 1.38 bits per heavy atom. The first-order valence-electron chi connectivity index (χ1n) is 4.18. The van der Waals surface area contributed by atoms with E-state index >= 15 is 0 Å². The third-order valence-corrected chi connectivity index (χ3v) is 2.47. The van der Waals surface area contributed by atoms with Gasteiger partial charge in [-0.05, 0) is 12.8 Å². The SMILES string of the molecule is CO[C@@H]1C[C@@H](C(=O)O)C[C@@H](O)[C@H]1O. The molecule has 13 heavy (non-hydrogen) atoms. The van der Waals surface area contributed by atoms with E-state index in [1.54, 1.807) is 0 Å². The molecule has 5 nitrogen and oxygen atoms in total. The first-order valence-corrected chi connectivity index (χ1v) is 4.18. The van der Waals surface area contributed by atoms with Crippen molar-refractivity contribution in [2.75, 3.05) is 7.11 Å². The standard InChI is InChI=1S/C8H14O5/c1-13-6-3-4(8(11)12)2-5(9)7(6)10/h4-7,9-10H,2-3H2,1H3,(H,11,12)/t4-,5+,6+,7+/m0/s1. The highest BCUT2D eigenvalue weighted by Gasteiger charge is 2.38. The van der Waals surface area contributed by atoms with Crippen LogP contribution in [0, 0.1) is 5.92 Å². The minimum atomic E-state index is -1.00. The molecule has 1 aliphatic rings. The van der Waals surface area contributed by atoms with E-state index in [1.807, 2.05) is 0 Å². The highest BCUT2D eigenvalue weighted by atomic mass is 16.5. The lowest BCUT2D eigenvalue weighted by molar-refractivity contribution is -0.155. The molecule has 76 valence electrons. The molecule has 1 rings (SSSR count). The third-order valence-electron chi connectivity index (χ3n) is 2.47. The summed E-state index contributed by atoms with van der Waals surface area (Å²) in [5, 5.41) is 27.4. The number of carboxylic acid groups (broad SMARTS) is 1. The molecule has 4 atom stereocenters. The van der Waals surface area contributed by atoms with Gasteiger partial charge in [0.15, 0.2) is 0 Å². The fourth-order valence-electron chi connectivity index (χ4n) is 1.63. The Morgan fingerprint density at radius 2 is 2.00 bits per heavy atom. The molecule has 1 aliphatic carbocycles. The predicted molar refractivity (Wildman–Crippen MR) is 43.2 cm³/mol. The van der Waals surface area contributed by atoms with E-state index in [2.05, 4.69) is 0 Å². The highest BCUT2D eigenvalue weighted by molar-refractivity contribution is 5.70. The maximum absolute atomic E-state index is 10.6. The molecule has 5 heteroatoms. The molecule has 0 aliphatic heterocycles. The summed E-state index contributed by atoms with van der Waals surface area (Å²) in [5.41, 5.74) is 0. The molecule has 0 heterocycles. The van der Waals surface area contributed by atoms with Crippen molar-refractivity contribution in [1.29, 1.82) is 0 Å². The number of carbonyl (C=O) groups is 1. The van der Waals surface area contributed by atoms with Crippen LogP contribution < -0.4 is 0 Å². The Kier molecular flexibility index (Phi) is 3.24. The zero-order valence-corrected chi connectivity index (χ0v) is 7.38. The molecule has 0 unspecified atom stereocenters. The van der Waals surface area contributed by atoms with E-state index in [9.17, 15) is 15.0 Å². The number of aliphatic hydroxyl groups excluding tert-OH is 2. The first kappa shape index (κ1) is 10.4. The van der Waals surface area contributed by atoms with Gasteiger partial charge in [0.05, 0.1) is 18.1 Å². The molecular formula is C8H14O5. The largest absolute Gasteiger partial charge is 0.481 e. The van der Waals surface area contributed by atoms with Crippen LogP contribution in [0.15, 0.2) is 0 Å². The molecule has 1 fully saturated rings. The average Bonchev–Trinajstić information content (AvgIpc) is 2.09. The Labute approximate surface area is 75.9 Å². The first-order chi connectivity index (χ1) is 6.06. The van der Waals surface area contributed by atoms with Crippen LogP contribution >= 0.6 is 0 Å². The van der Waals surface area contributed by atoms with Crippen molar-refractivity contribution in [2.24, 2.45) is 5.92 Å². The summed E-state index contributed by atoms with van der Waals surface area (Å²) in [6.07, 6.45) is -2.20. The summed E-state index contributed by atoms with van der Waals surface area (Å²) >= 11 is 0. The number of rotatable bonds is 2. The second kappa shape index (κ2) is 4.04. The van der Waals surface area contributed by atoms with Crippen molar-refractivity contribution in [3.63, 3.8) is 0 Å². The fraction of sp³-hybridized carbons (Fsp3) is 0.875. The van der Waals surface area contributed by atoms with E-state index in [-0.39, 0.29) is 12.8 Å². The monoisotopic (exact) mass is 190 g/mol. The van der Waals surface area contributed by atoms with Gasteiger partial charge in [-0.25, -0.2) is 0 Å². The second-order valence-electron chi connectivity index (χ2n) is 3.34. The van der Waals surface area contributed by atoms with Crippen LogP contribution in [0.25, 0.3) is 0 Å². The van der Waals surface area contributed by atoms with Crippen molar-refractivity contribution in [3.05, 3.63) is 0 Å². The molecular weight excluding hydrogens is 176 g/mol. The molecule has 0 radical (unpaired) electrons. The molecule has 0 saturated heterocycles. The lowest BCUT2D eigenvalue weighted by Crippen LogP contribution is -2.47. The maximum atomic E-state index is 10.6. The minimum absolute atomic E-state index is 0.0936. The van der Waals surface area contributed by atoms with E-state index < -0.39 is 30.2 Å². The van der Waals surface area contributed by atoms with E-state index in [0.717, 1.165) is 0 Å². The van der Waals surface area contributed by atoms with Gasteiger partial charge in [-0.15, -0.1) is 0 Å². The Bertz CT molecular complexity index is 193. The zero-order chi connectivity index (χ0) is 10.0. The molecule has 3 N–H and O–H groups in total. The van der Waals surface area contributed by atoms with Crippen molar-refractivity contribution < 1.29 is 24.9 Å². The fourth-order valence-corrected chi connectivity index (χ4v) is 1.63. The van der Waals surface area contributed by atoms with Crippen molar-refractivity contribution in [1.82, 2.24) is 0 Å². The van der Waals surface area contributed by atoms with Crippen LogP contribution in [-0.4, -0.2) is 46.7 Å². The van der Waals surface area contributed by atoms with Crippen LogP contribution in [0.1, 0.15) is 12.8 Å². The van der Waals surface area contributed by atoms with Crippen molar-refractivity contribution in [2.45, 2.75) is 31.2 Å². The summed E-state index contributed by atoms with van der Waals surface area (Å²) in [6.45, 7) is 0. The van der Waals surface area contributed by atoms with E-state index in [1.165, 1.54) is 7.11 Å². The van der Waals surface area contributed by atoms with Gasteiger partial charge in [0.1, 0.15) is 6.10 Å². The number of methoxy groups -OCH3 is 1. The van der Waals surface area contributed by atoms with Crippen molar-refractivity contribution in [3.8, 4) is 0 Å². The van der Waals surface area contributed by atoms with Gasteiger partial charge in [-0.2, -0.15) is 0 Å². The van der Waals surface area contributed by atoms with Crippen LogP contribution in [0.5, 0.6) is 0 Å². The van der Waals surface area contributed by atoms with E-state index in [4.69, 9.17) is 9.84 Å². The quantitative estimate of drug-likeness (QED) is 0.531. The zero-order valence-electron chi connectivity index (χ0n) is 7.38. The number of hydrogen-bond donors (Lipinski definition) is 3. The minimum Gasteiger partial charge on any atom is -0.481 e. The van der Waals surface area contributed by atoms with Crippen LogP contribution in [0.2, 0.25) is 0 Å².